The zero-order valence-corrected chi connectivity index (χ0v) is 11.0. The Labute approximate surface area is 111 Å². The van der Waals surface area contributed by atoms with E-state index in [2.05, 4.69) is 4.98 Å². The van der Waals surface area contributed by atoms with Gasteiger partial charge in [0.25, 0.3) is 0 Å². The maximum Gasteiger partial charge on any atom is 0.309 e. The number of aliphatic carboxylic acids is 1. The van der Waals surface area contributed by atoms with Gasteiger partial charge in [0, 0.05) is 18.4 Å². The zero-order valence-electron chi connectivity index (χ0n) is 11.0. The van der Waals surface area contributed by atoms with Crippen molar-refractivity contribution in [2.75, 3.05) is 0 Å². The molecule has 0 radical (unpaired) electrons. The van der Waals surface area contributed by atoms with Crippen LogP contribution in [0.5, 0.6) is 0 Å². The summed E-state index contributed by atoms with van der Waals surface area (Å²) in [7, 11) is 0. The standard InChI is InChI=1S/C12H11FN2O2.C2H6/c13-10-3-1-2-9(4-10)7-15-8-14-6-11(15)5-12(16)17;1-2/h1-4,6,8H,5,7H2,(H,16,17);1-2H3. The fourth-order valence-electron chi connectivity index (χ4n) is 1.62. The van der Waals surface area contributed by atoms with Crippen LogP contribution in [0.25, 0.3) is 0 Å². The van der Waals surface area contributed by atoms with Crippen LogP contribution in [-0.2, 0) is 17.8 Å². The summed E-state index contributed by atoms with van der Waals surface area (Å²) in [4.78, 5) is 14.5. The minimum absolute atomic E-state index is 0.0880. The lowest BCUT2D eigenvalue weighted by atomic mass is 10.2. The average molecular weight is 264 g/mol. The molecular formula is C14H17FN2O2. The molecule has 0 spiro atoms. The molecule has 0 aliphatic heterocycles. The van der Waals surface area contributed by atoms with Gasteiger partial charge in [0.1, 0.15) is 5.82 Å². The molecule has 1 heterocycles. The van der Waals surface area contributed by atoms with E-state index in [1.807, 2.05) is 13.8 Å². The summed E-state index contributed by atoms with van der Waals surface area (Å²) in [5, 5.41) is 8.72. The Hall–Kier alpha value is -2.17. The number of hydrogen-bond donors (Lipinski definition) is 1. The monoisotopic (exact) mass is 264 g/mol. The zero-order chi connectivity index (χ0) is 14.3. The van der Waals surface area contributed by atoms with E-state index in [1.165, 1.54) is 18.3 Å². The largest absolute Gasteiger partial charge is 0.481 e. The molecule has 1 N–H and O–H groups in total. The number of imidazole rings is 1. The molecule has 0 amide bonds. The van der Waals surface area contributed by atoms with Crippen LogP contribution in [0.15, 0.2) is 36.8 Å². The van der Waals surface area contributed by atoms with E-state index in [0.717, 1.165) is 5.56 Å². The molecule has 4 nitrogen and oxygen atoms in total. The van der Waals surface area contributed by atoms with E-state index < -0.39 is 5.97 Å². The van der Waals surface area contributed by atoms with E-state index in [9.17, 15) is 9.18 Å². The van der Waals surface area contributed by atoms with E-state index >= 15 is 0 Å². The highest BCUT2D eigenvalue weighted by Gasteiger charge is 2.07. The Morgan fingerprint density at radius 2 is 2.16 bits per heavy atom. The highest BCUT2D eigenvalue weighted by Crippen LogP contribution is 2.08. The van der Waals surface area contributed by atoms with Crippen molar-refractivity contribution in [1.29, 1.82) is 0 Å². The summed E-state index contributed by atoms with van der Waals surface area (Å²) in [5.41, 5.74) is 1.37. The second-order valence-electron chi connectivity index (χ2n) is 3.71. The quantitative estimate of drug-likeness (QED) is 0.923. The lowest BCUT2D eigenvalue weighted by Gasteiger charge is -2.06. The highest BCUT2D eigenvalue weighted by molar-refractivity contribution is 5.69. The van der Waals surface area contributed by atoms with Crippen LogP contribution in [0.1, 0.15) is 25.1 Å². The van der Waals surface area contributed by atoms with Crippen molar-refractivity contribution in [3.63, 3.8) is 0 Å². The second kappa shape index (κ2) is 7.31. The number of carboxylic acid groups (broad SMARTS) is 1. The molecule has 5 heteroatoms. The molecule has 0 unspecified atom stereocenters. The molecule has 1 aromatic heterocycles. The number of halogens is 1. The SMILES string of the molecule is CC.O=C(O)Cc1cncn1Cc1cccc(F)c1. The smallest absolute Gasteiger partial charge is 0.309 e. The molecular weight excluding hydrogens is 247 g/mol. The maximum absolute atomic E-state index is 13.0. The van der Waals surface area contributed by atoms with Gasteiger partial charge >= 0.3 is 5.97 Å². The van der Waals surface area contributed by atoms with E-state index in [4.69, 9.17) is 5.11 Å². The molecule has 0 atom stereocenters. The topological polar surface area (TPSA) is 55.1 Å². The summed E-state index contributed by atoms with van der Waals surface area (Å²) in [6, 6.07) is 6.20. The van der Waals surface area contributed by atoms with Crippen LogP contribution in [0.3, 0.4) is 0 Å². The molecule has 0 saturated heterocycles. The maximum atomic E-state index is 13.0. The highest BCUT2D eigenvalue weighted by atomic mass is 19.1. The lowest BCUT2D eigenvalue weighted by molar-refractivity contribution is -0.136. The second-order valence-corrected chi connectivity index (χ2v) is 3.71. The lowest BCUT2D eigenvalue weighted by Crippen LogP contribution is -2.08. The molecule has 2 aromatic rings. The number of carboxylic acids is 1. The summed E-state index contributed by atoms with van der Waals surface area (Å²) in [5.74, 6) is -1.21. The third kappa shape index (κ3) is 4.54. The molecule has 102 valence electrons. The summed E-state index contributed by atoms with van der Waals surface area (Å²) >= 11 is 0. The number of aromatic nitrogens is 2. The Kier molecular flexibility index (Phi) is 5.73. The predicted octanol–water partition coefficient (Wildman–Crippen LogP) is 2.72. The van der Waals surface area contributed by atoms with Gasteiger partial charge in [-0.25, -0.2) is 9.37 Å². The Morgan fingerprint density at radius 3 is 2.79 bits per heavy atom. The van der Waals surface area contributed by atoms with Gasteiger partial charge in [-0.05, 0) is 17.7 Å². The molecule has 2 rings (SSSR count). The molecule has 0 fully saturated rings. The third-order valence-corrected chi connectivity index (χ3v) is 2.37. The minimum atomic E-state index is -0.911. The van der Waals surface area contributed by atoms with Gasteiger partial charge in [-0.3, -0.25) is 4.79 Å². The first-order valence-corrected chi connectivity index (χ1v) is 6.10. The van der Waals surface area contributed by atoms with Gasteiger partial charge in [0.05, 0.1) is 12.7 Å². The molecule has 0 aliphatic carbocycles. The molecule has 1 aromatic carbocycles. The van der Waals surface area contributed by atoms with Crippen LogP contribution >= 0.6 is 0 Å². The van der Waals surface area contributed by atoms with Gasteiger partial charge < -0.3 is 9.67 Å². The number of benzene rings is 1. The number of nitrogens with zero attached hydrogens (tertiary/aromatic N) is 2. The number of carbonyl (C=O) groups is 1. The molecule has 0 bridgehead atoms. The Morgan fingerprint density at radius 1 is 1.42 bits per heavy atom. The van der Waals surface area contributed by atoms with Crippen LogP contribution in [-0.4, -0.2) is 20.6 Å². The van der Waals surface area contributed by atoms with Crippen LogP contribution < -0.4 is 0 Å². The van der Waals surface area contributed by atoms with Crippen molar-refractivity contribution in [3.8, 4) is 0 Å². The predicted molar refractivity (Wildman–Crippen MR) is 70.4 cm³/mol. The van der Waals surface area contributed by atoms with Crippen molar-refractivity contribution in [2.45, 2.75) is 26.8 Å². The fraction of sp³-hybridized carbons (Fsp3) is 0.286. The van der Waals surface area contributed by atoms with Crippen molar-refractivity contribution in [1.82, 2.24) is 9.55 Å². The van der Waals surface area contributed by atoms with Crippen LogP contribution in [0, 0.1) is 5.82 Å². The number of hydrogen-bond acceptors (Lipinski definition) is 2. The van der Waals surface area contributed by atoms with Gasteiger partial charge in [0.2, 0.25) is 0 Å². The Balaban J connectivity index is 0.000000861. The van der Waals surface area contributed by atoms with Gasteiger partial charge in [0.15, 0.2) is 0 Å². The number of rotatable bonds is 4. The van der Waals surface area contributed by atoms with Gasteiger partial charge in [-0.15, -0.1) is 0 Å². The fourth-order valence-corrected chi connectivity index (χ4v) is 1.62. The van der Waals surface area contributed by atoms with E-state index in [-0.39, 0.29) is 12.2 Å². The van der Waals surface area contributed by atoms with Crippen molar-refractivity contribution < 1.29 is 14.3 Å². The van der Waals surface area contributed by atoms with E-state index in [1.54, 1.807) is 23.0 Å². The Bertz CT molecular complexity index is 538. The summed E-state index contributed by atoms with van der Waals surface area (Å²) < 4.78 is 14.7. The summed E-state index contributed by atoms with van der Waals surface area (Å²) in [6.45, 7) is 4.42. The van der Waals surface area contributed by atoms with Crippen LogP contribution in [0.4, 0.5) is 4.39 Å². The average Bonchev–Trinajstić information content (AvgIpc) is 2.78. The van der Waals surface area contributed by atoms with Crippen LogP contribution in [0.2, 0.25) is 0 Å². The summed E-state index contributed by atoms with van der Waals surface area (Å²) in [6.07, 6.45) is 2.96. The minimum Gasteiger partial charge on any atom is -0.481 e. The molecule has 0 aliphatic rings. The molecule has 19 heavy (non-hydrogen) atoms. The van der Waals surface area contributed by atoms with Gasteiger partial charge in [-0.1, -0.05) is 26.0 Å². The van der Waals surface area contributed by atoms with E-state index in [0.29, 0.717) is 12.2 Å². The first-order valence-electron chi connectivity index (χ1n) is 6.10. The molecule has 0 saturated carbocycles. The van der Waals surface area contributed by atoms with Crippen molar-refractivity contribution >= 4 is 5.97 Å². The first-order chi connectivity index (χ1) is 9.15. The van der Waals surface area contributed by atoms with Crippen molar-refractivity contribution in [3.05, 3.63) is 53.9 Å². The third-order valence-electron chi connectivity index (χ3n) is 2.37. The van der Waals surface area contributed by atoms with Crippen molar-refractivity contribution in [2.24, 2.45) is 0 Å². The first kappa shape index (κ1) is 14.9. The normalized spacial score (nSPS) is 9.63. The van der Waals surface area contributed by atoms with Gasteiger partial charge in [-0.2, -0.15) is 0 Å².